The van der Waals surface area contributed by atoms with Gasteiger partial charge in [-0.3, -0.25) is 0 Å². The quantitative estimate of drug-likeness (QED) is 0.397. The third kappa shape index (κ3) is 2.35. The van der Waals surface area contributed by atoms with Crippen LogP contribution < -0.4 is 5.32 Å². The highest BCUT2D eigenvalue weighted by molar-refractivity contribution is 6.15. The molecule has 0 radical (unpaired) electrons. The Morgan fingerprint density at radius 3 is 2.00 bits per heavy atom. The maximum Gasteiger partial charge on any atom is 0.0562 e. The van der Waals surface area contributed by atoms with Gasteiger partial charge in [0, 0.05) is 27.8 Å². The number of hydrogen-bond acceptors (Lipinski definition) is 1. The summed E-state index contributed by atoms with van der Waals surface area (Å²) in [7, 11) is 0. The molecule has 0 aliphatic rings. The summed E-state index contributed by atoms with van der Waals surface area (Å²) in [6.07, 6.45) is 0. The van der Waals surface area contributed by atoms with Crippen molar-refractivity contribution >= 4 is 33.2 Å². The van der Waals surface area contributed by atoms with Gasteiger partial charge < -0.3 is 9.88 Å². The number of nitrogens with one attached hydrogen (secondary N) is 1. The summed E-state index contributed by atoms with van der Waals surface area (Å²) >= 11 is 0. The molecule has 5 aromatic rings. The van der Waals surface area contributed by atoms with E-state index in [0.717, 1.165) is 11.4 Å². The molecule has 1 N–H and O–H groups in total. The van der Waals surface area contributed by atoms with Crippen LogP contribution in [0.25, 0.3) is 27.5 Å². The van der Waals surface area contributed by atoms with Crippen LogP contribution in [0.4, 0.5) is 11.4 Å². The lowest BCUT2D eigenvalue weighted by atomic mass is 10.1. The molecule has 0 unspecified atom stereocenters. The number of aromatic nitrogens is 1. The van der Waals surface area contributed by atoms with Gasteiger partial charge in [0.2, 0.25) is 0 Å². The van der Waals surface area contributed by atoms with Crippen molar-refractivity contribution in [3.63, 3.8) is 0 Å². The van der Waals surface area contributed by atoms with Crippen molar-refractivity contribution in [3.8, 4) is 5.69 Å². The summed E-state index contributed by atoms with van der Waals surface area (Å²) in [6.45, 7) is 0. The molecule has 1 heterocycles. The first kappa shape index (κ1) is 14.8. The molecule has 0 fully saturated rings. The molecule has 0 spiro atoms. The lowest BCUT2D eigenvalue weighted by Gasteiger charge is -2.10. The summed E-state index contributed by atoms with van der Waals surface area (Å²) in [4.78, 5) is 0. The number of benzene rings is 4. The molecule has 5 rings (SSSR count). The summed E-state index contributed by atoms with van der Waals surface area (Å²) in [5, 5.41) is 6.09. The van der Waals surface area contributed by atoms with Gasteiger partial charge in [-0.1, -0.05) is 60.7 Å². The van der Waals surface area contributed by atoms with Crippen LogP contribution in [-0.4, -0.2) is 4.57 Å². The monoisotopic (exact) mass is 334 g/mol. The number of hydrogen-bond donors (Lipinski definition) is 1. The van der Waals surface area contributed by atoms with Crippen LogP contribution in [0.15, 0.2) is 103 Å². The zero-order valence-electron chi connectivity index (χ0n) is 14.3. The minimum atomic E-state index is 1.09. The highest BCUT2D eigenvalue weighted by Gasteiger charge is 2.14. The Hall–Kier alpha value is -3.52. The zero-order chi connectivity index (χ0) is 17.3. The van der Waals surface area contributed by atoms with Crippen molar-refractivity contribution in [1.82, 2.24) is 4.57 Å². The van der Waals surface area contributed by atoms with Crippen LogP contribution >= 0.6 is 0 Å². The molecule has 4 aromatic carbocycles. The van der Waals surface area contributed by atoms with Gasteiger partial charge in [-0.05, 0) is 42.5 Å². The predicted octanol–water partition coefficient (Wildman–Crippen LogP) is 6.53. The van der Waals surface area contributed by atoms with E-state index in [2.05, 4.69) is 107 Å². The van der Waals surface area contributed by atoms with Gasteiger partial charge in [0.15, 0.2) is 0 Å². The zero-order valence-corrected chi connectivity index (χ0v) is 14.3. The van der Waals surface area contributed by atoms with Crippen LogP contribution in [0.3, 0.4) is 0 Å². The van der Waals surface area contributed by atoms with E-state index in [1.54, 1.807) is 0 Å². The van der Waals surface area contributed by atoms with Gasteiger partial charge >= 0.3 is 0 Å². The Morgan fingerprint density at radius 1 is 0.538 bits per heavy atom. The Kier molecular flexibility index (Phi) is 3.46. The lowest BCUT2D eigenvalue weighted by Crippen LogP contribution is -1.94. The molecule has 1 aromatic heterocycles. The first-order valence-electron chi connectivity index (χ1n) is 8.81. The van der Waals surface area contributed by atoms with Gasteiger partial charge in [-0.2, -0.15) is 0 Å². The number of para-hydroxylation sites is 3. The van der Waals surface area contributed by atoms with Gasteiger partial charge in [0.25, 0.3) is 0 Å². The van der Waals surface area contributed by atoms with E-state index in [4.69, 9.17) is 0 Å². The van der Waals surface area contributed by atoms with E-state index in [1.807, 2.05) is 6.07 Å². The van der Waals surface area contributed by atoms with Gasteiger partial charge in [0.05, 0.1) is 11.0 Å². The normalized spacial score (nSPS) is 11.1. The Bertz CT molecular complexity index is 1190. The molecule has 0 saturated carbocycles. The molecule has 26 heavy (non-hydrogen) atoms. The maximum absolute atomic E-state index is 3.59. The van der Waals surface area contributed by atoms with Gasteiger partial charge in [0.1, 0.15) is 0 Å². The van der Waals surface area contributed by atoms with Crippen molar-refractivity contribution in [2.75, 3.05) is 5.32 Å². The van der Waals surface area contributed by atoms with Crippen LogP contribution in [0.5, 0.6) is 0 Å². The summed E-state index contributed by atoms with van der Waals surface area (Å²) < 4.78 is 2.33. The number of nitrogens with zero attached hydrogens (tertiary/aromatic N) is 1. The fraction of sp³-hybridized carbons (Fsp3) is 0. The van der Waals surface area contributed by atoms with Crippen molar-refractivity contribution in [2.24, 2.45) is 0 Å². The second-order valence-electron chi connectivity index (χ2n) is 6.38. The van der Waals surface area contributed by atoms with Gasteiger partial charge in [-0.15, -0.1) is 0 Å². The molecule has 0 bridgehead atoms. The van der Waals surface area contributed by atoms with Crippen molar-refractivity contribution in [3.05, 3.63) is 103 Å². The highest BCUT2D eigenvalue weighted by Crippen LogP contribution is 2.37. The molecular weight excluding hydrogens is 316 g/mol. The molecule has 2 heteroatoms. The lowest BCUT2D eigenvalue weighted by molar-refractivity contribution is 1.18. The topological polar surface area (TPSA) is 17.0 Å². The minimum Gasteiger partial charge on any atom is -0.355 e. The molecule has 0 aliphatic carbocycles. The average molecular weight is 334 g/mol. The maximum atomic E-state index is 3.59. The number of anilines is 2. The molecule has 0 saturated heterocycles. The second kappa shape index (κ2) is 6.08. The SMILES string of the molecule is c1ccc(Nc2cccc3c2c2ccccc2n3-c2ccccc2)cc1. The van der Waals surface area contributed by atoms with E-state index < -0.39 is 0 Å². The van der Waals surface area contributed by atoms with Crippen LogP contribution in [0.1, 0.15) is 0 Å². The average Bonchev–Trinajstić information content (AvgIpc) is 3.05. The first-order valence-corrected chi connectivity index (χ1v) is 8.81. The molecule has 0 aliphatic heterocycles. The third-order valence-corrected chi connectivity index (χ3v) is 4.76. The van der Waals surface area contributed by atoms with Gasteiger partial charge in [-0.25, -0.2) is 0 Å². The summed E-state index contributed by atoms with van der Waals surface area (Å²) in [5.74, 6) is 0. The highest BCUT2D eigenvalue weighted by atomic mass is 15.0. The molecule has 2 nitrogen and oxygen atoms in total. The van der Waals surface area contributed by atoms with Crippen LogP contribution in [0, 0.1) is 0 Å². The fourth-order valence-corrected chi connectivity index (χ4v) is 3.66. The largest absolute Gasteiger partial charge is 0.355 e. The van der Waals surface area contributed by atoms with Crippen molar-refractivity contribution in [2.45, 2.75) is 0 Å². The van der Waals surface area contributed by atoms with E-state index in [1.165, 1.54) is 27.5 Å². The number of fused-ring (bicyclic) bond motifs is 3. The molecular formula is C24H18N2. The Labute approximate surface area is 152 Å². The summed E-state index contributed by atoms with van der Waals surface area (Å²) in [6, 6.07) is 35.9. The van der Waals surface area contributed by atoms with Crippen molar-refractivity contribution in [1.29, 1.82) is 0 Å². The van der Waals surface area contributed by atoms with Crippen LogP contribution in [-0.2, 0) is 0 Å². The van der Waals surface area contributed by atoms with E-state index >= 15 is 0 Å². The standard InChI is InChI=1S/C24H18N2/c1-3-10-18(11-4-1)25-21-15-9-17-23-24(21)20-14-7-8-16-22(20)26(23)19-12-5-2-6-13-19/h1-17,25H. The first-order chi connectivity index (χ1) is 12.9. The third-order valence-electron chi connectivity index (χ3n) is 4.76. The second-order valence-corrected chi connectivity index (χ2v) is 6.38. The van der Waals surface area contributed by atoms with E-state index in [9.17, 15) is 0 Å². The van der Waals surface area contributed by atoms with E-state index in [0.29, 0.717) is 0 Å². The van der Waals surface area contributed by atoms with Crippen molar-refractivity contribution < 1.29 is 0 Å². The summed E-state index contributed by atoms with van der Waals surface area (Å²) in [5.41, 5.74) is 5.82. The number of rotatable bonds is 3. The molecule has 124 valence electrons. The van der Waals surface area contributed by atoms with Crippen LogP contribution in [0.2, 0.25) is 0 Å². The Morgan fingerprint density at radius 2 is 1.19 bits per heavy atom. The predicted molar refractivity (Wildman–Crippen MR) is 111 cm³/mol. The van der Waals surface area contributed by atoms with E-state index in [-0.39, 0.29) is 0 Å². The smallest absolute Gasteiger partial charge is 0.0562 e. The molecule has 0 atom stereocenters. The fourth-order valence-electron chi connectivity index (χ4n) is 3.66. The Balaban J connectivity index is 1.82. The minimum absolute atomic E-state index is 1.09. The molecule has 0 amide bonds.